The van der Waals surface area contributed by atoms with Crippen molar-refractivity contribution in [3.63, 3.8) is 0 Å². The first-order chi connectivity index (χ1) is 11.2. The van der Waals surface area contributed by atoms with Gasteiger partial charge in [0.05, 0.1) is 17.0 Å². The number of rotatable bonds is 5. The Bertz CT molecular complexity index is 867. The van der Waals surface area contributed by atoms with Crippen molar-refractivity contribution < 1.29 is 10.0 Å². The fraction of sp³-hybridized carbons (Fsp3) is 0.125. The minimum absolute atomic E-state index is 0.00823. The second-order valence-electron chi connectivity index (χ2n) is 4.96. The van der Waals surface area contributed by atoms with Crippen molar-refractivity contribution >= 4 is 22.4 Å². The number of nitrogens with one attached hydrogen (secondary N) is 1. The van der Waals surface area contributed by atoms with Gasteiger partial charge in [0.15, 0.2) is 0 Å². The third kappa shape index (κ3) is 3.09. The molecule has 2 N–H and O–H groups in total. The SMILES string of the molecule is O=[N+]([O-])c1ccc2ncnc(NCc3ccccc3CO)c2c1. The molecule has 23 heavy (non-hydrogen) atoms. The van der Waals surface area contributed by atoms with Crippen molar-refractivity contribution in [3.05, 3.63) is 70.0 Å². The number of nitro groups is 1. The molecule has 0 atom stereocenters. The summed E-state index contributed by atoms with van der Waals surface area (Å²) < 4.78 is 0. The van der Waals surface area contributed by atoms with Crippen molar-refractivity contribution in [1.29, 1.82) is 0 Å². The Morgan fingerprint density at radius 1 is 1.13 bits per heavy atom. The van der Waals surface area contributed by atoms with Gasteiger partial charge in [0.25, 0.3) is 5.69 Å². The predicted molar refractivity (Wildman–Crippen MR) is 85.9 cm³/mol. The number of fused-ring (bicyclic) bond motifs is 1. The van der Waals surface area contributed by atoms with Gasteiger partial charge in [-0.1, -0.05) is 24.3 Å². The van der Waals surface area contributed by atoms with E-state index in [9.17, 15) is 15.2 Å². The molecule has 3 rings (SSSR count). The number of hydrogen-bond acceptors (Lipinski definition) is 6. The summed E-state index contributed by atoms with van der Waals surface area (Å²) in [5.41, 5.74) is 2.38. The van der Waals surface area contributed by atoms with Gasteiger partial charge in [0.2, 0.25) is 0 Å². The van der Waals surface area contributed by atoms with Crippen LogP contribution in [-0.4, -0.2) is 20.0 Å². The van der Waals surface area contributed by atoms with E-state index in [1.807, 2.05) is 24.3 Å². The molecule has 2 aromatic carbocycles. The van der Waals surface area contributed by atoms with Crippen LogP contribution < -0.4 is 5.32 Å². The molecule has 1 heterocycles. The molecular formula is C16H14N4O3. The summed E-state index contributed by atoms with van der Waals surface area (Å²) in [5.74, 6) is 0.520. The van der Waals surface area contributed by atoms with Crippen LogP contribution in [0.25, 0.3) is 10.9 Å². The molecule has 0 aliphatic carbocycles. The van der Waals surface area contributed by atoms with Gasteiger partial charge in [-0.05, 0) is 17.2 Å². The molecule has 0 radical (unpaired) electrons. The van der Waals surface area contributed by atoms with Crippen molar-refractivity contribution in [3.8, 4) is 0 Å². The van der Waals surface area contributed by atoms with Gasteiger partial charge < -0.3 is 10.4 Å². The molecule has 0 aliphatic rings. The lowest BCUT2D eigenvalue weighted by Gasteiger charge is -2.10. The standard InChI is InChI=1S/C16H14N4O3/c21-9-12-4-2-1-3-11(12)8-17-16-14-7-13(20(22)23)5-6-15(14)18-10-19-16/h1-7,10,21H,8-9H2,(H,17,18,19). The molecule has 116 valence electrons. The van der Waals surface area contributed by atoms with Crippen LogP contribution in [0.5, 0.6) is 0 Å². The highest BCUT2D eigenvalue weighted by Crippen LogP contribution is 2.24. The summed E-state index contributed by atoms with van der Waals surface area (Å²) in [6.45, 7) is 0.402. The topological polar surface area (TPSA) is 101 Å². The van der Waals surface area contributed by atoms with E-state index in [2.05, 4.69) is 15.3 Å². The van der Waals surface area contributed by atoms with Crippen molar-refractivity contribution in [2.75, 3.05) is 5.32 Å². The largest absolute Gasteiger partial charge is 0.392 e. The fourth-order valence-corrected chi connectivity index (χ4v) is 2.36. The zero-order valence-electron chi connectivity index (χ0n) is 12.1. The van der Waals surface area contributed by atoms with Gasteiger partial charge in [-0.25, -0.2) is 9.97 Å². The van der Waals surface area contributed by atoms with E-state index in [0.29, 0.717) is 23.3 Å². The Balaban J connectivity index is 1.93. The lowest BCUT2D eigenvalue weighted by atomic mass is 10.1. The van der Waals surface area contributed by atoms with Crippen LogP contribution in [0.2, 0.25) is 0 Å². The summed E-state index contributed by atoms with van der Waals surface area (Å²) in [6, 6.07) is 12.0. The molecule has 3 aromatic rings. The molecule has 0 fully saturated rings. The molecule has 1 aromatic heterocycles. The molecule has 0 unspecified atom stereocenters. The summed E-state index contributed by atoms with van der Waals surface area (Å²) >= 11 is 0. The van der Waals surface area contributed by atoms with Crippen LogP contribution in [-0.2, 0) is 13.2 Å². The van der Waals surface area contributed by atoms with E-state index >= 15 is 0 Å². The molecule has 0 spiro atoms. The van der Waals surface area contributed by atoms with Crippen molar-refractivity contribution in [2.45, 2.75) is 13.2 Å². The fourth-order valence-electron chi connectivity index (χ4n) is 2.36. The first-order valence-corrected chi connectivity index (χ1v) is 6.99. The van der Waals surface area contributed by atoms with Crippen molar-refractivity contribution in [2.24, 2.45) is 0 Å². The van der Waals surface area contributed by atoms with Crippen LogP contribution >= 0.6 is 0 Å². The quantitative estimate of drug-likeness (QED) is 0.555. The van der Waals surface area contributed by atoms with Gasteiger partial charge in [0.1, 0.15) is 12.1 Å². The first kappa shape index (κ1) is 14.9. The van der Waals surface area contributed by atoms with E-state index < -0.39 is 4.92 Å². The second kappa shape index (κ2) is 6.37. The van der Waals surface area contributed by atoms with E-state index in [4.69, 9.17) is 0 Å². The van der Waals surface area contributed by atoms with Crippen LogP contribution in [0.1, 0.15) is 11.1 Å². The van der Waals surface area contributed by atoms with E-state index in [0.717, 1.165) is 11.1 Å². The number of aliphatic hydroxyl groups excluding tert-OH is 1. The first-order valence-electron chi connectivity index (χ1n) is 6.99. The normalized spacial score (nSPS) is 10.7. The van der Waals surface area contributed by atoms with Crippen molar-refractivity contribution in [1.82, 2.24) is 9.97 Å². The molecule has 0 saturated carbocycles. The Morgan fingerprint density at radius 2 is 1.91 bits per heavy atom. The van der Waals surface area contributed by atoms with Crippen LogP contribution in [0, 0.1) is 10.1 Å². The van der Waals surface area contributed by atoms with E-state index in [-0.39, 0.29) is 12.3 Å². The molecule has 7 nitrogen and oxygen atoms in total. The number of benzene rings is 2. The summed E-state index contributed by atoms with van der Waals surface area (Å²) in [7, 11) is 0. The summed E-state index contributed by atoms with van der Waals surface area (Å²) in [5, 5.41) is 24.0. The molecule has 0 saturated heterocycles. The number of non-ortho nitro benzene ring substituents is 1. The molecule has 7 heteroatoms. The third-order valence-electron chi connectivity index (χ3n) is 3.56. The number of aromatic nitrogens is 2. The second-order valence-corrected chi connectivity index (χ2v) is 4.96. The van der Waals surface area contributed by atoms with Crippen LogP contribution in [0.15, 0.2) is 48.8 Å². The maximum absolute atomic E-state index is 10.9. The highest BCUT2D eigenvalue weighted by molar-refractivity contribution is 5.90. The van der Waals surface area contributed by atoms with Gasteiger partial charge >= 0.3 is 0 Å². The number of hydrogen-bond donors (Lipinski definition) is 2. The highest BCUT2D eigenvalue weighted by atomic mass is 16.6. The minimum Gasteiger partial charge on any atom is -0.392 e. The zero-order valence-corrected chi connectivity index (χ0v) is 12.1. The lowest BCUT2D eigenvalue weighted by molar-refractivity contribution is -0.384. The zero-order chi connectivity index (χ0) is 16.2. The Kier molecular flexibility index (Phi) is 4.11. The number of nitro benzene ring substituents is 1. The average Bonchev–Trinajstić information content (AvgIpc) is 2.59. The molecular weight excluding hydrogens is 296 g/mol. The summed E-state index contributed by atoms with van der Waals surface area (Å²) in [4.78, 5) is 18.8. The van der Waals surface area contributed by atoms with Gasteiger partial charge in [0, 0.05) is 24.1 Å². The Morgan fingerprint density at radius 3 is 2.65 bits per heavy atom. The lowest BCUT2D eigenvalue weighted by Crippen LogP contribution is -2.05. The minimum atomic E-state index is -0.447. The average molecular weight is 310 g/mol. The van der Waals surface area contributed by atoms with Crippen LogP contribution in [0.4, 0.5) is 11.5 Å². The monoisotopic (exact) mass is 310 g/mol. The smallest absolute Gasteiger partial charge is 0.270 e. The van der Waals surface area contributed by atoms with Gasteiger partial charge in [-0.2, -0.15) is 0 Å². The van der Waals surface area contributed by atoms with E-state index in [1.54, 1.807) is 6.07 Å². The highest BCUT2D eigenvalue weighted by Gasteiger charge is 2.11. The number of nitrogens with zero attached hydrogens (tertiary/aromatic N) is 3. The Hall–Kier alpha value is -3.06. The molecule has 0 aliphatic heterocycles. The van der Waals surface area contributed by atoms with Gasteiger partial charge in [-0.15, -0.1) is 0 Å². The molecule has 0 bridgehead atoms. The number of aliphatic hydroxyl groups is 1. The van der Waals surface area contributed by atoms with Gasteiger partial charge in [-0.3, -0.25) is 10.1 Å². The van der Waals surface area contributed by atoms with E-state index in [1.165, 1.54) is 18.5 Å². The summed E-state index contributed by atoms with van der Waals surface area (Å²) in [6.07, 6.45) is 1.41. The maximum Gasteiger partial charge on any atom is 0.270 e. The number of anilines is 1. The maximum atomic E-state index is 10.9. The predicted octanol–water partition coefficient (Wildman–Crippen LogP) is 2.64. The Labute approximate surface area is 131 Å². The third-order valence-corrected chi connectivity index (χ3v) is 3.56. The molecule has 0 amide bonds. The van der Waals surface area contributed by atoms with Crippen LogP contribution in [0.3, 0.4) is 0 Å².